The molecule has 0 bridgehead atoms. The summed E-state index contributed by atoms with van der Waals surface area (Å²) in [7, 11) is 0. The molecule has 0 aromatic heterocycles. The van der Waals surface area contributed by atoms with Gasteiger partial charge in [0.2, 0.25) is 5.91 Å². The molecule has 0 heterocycles. The summed E-state index contributed by atoms with van der Waals surface area (Å²) in [4.78, 5) is 24.5. The first-order chi connectivity index (χ1) is 38.0. The van der Waals surface area contributed by atoms with Crippen molar-refractivity contribution in [2.45, 2.75) is 379 Å². The smallest absolute Gasteiger partial charge is 0.305 e. The van der Waals surface area contributed by atoms with Crippen molar-refractivity contribution in [3.8, 4) is 0 Å². The Hall–Kier alpha value is -2.18. The van der Waals surface area contributed by atoms with Gasteiger partial charge in [-0.15, -0.1) is 0 Å². The second-order valence-electron chi connectivity index (χ2n) is 23.5. The van der Waals surface area contributed by atoms with Gasteiger partial charge in [0.05, 0.1) is 25.4 Å². The quantitative estimate of drug-likeness (QED) is 0.0320. The van der Waals surface area contributed by atoms with Gasteiger partial charge in [-0.3, -0.25) is 9.59 Å². The fourth-order valence-corrected chi connectivity index (χ4v) is 10.6. The Kier molecular flexibility index (Phi) is 64.5. The highest BCUT2D eigenvalue weighted by atomic mass is 16.5. The van der Waals surface area contributed by atoms with Crippen LogP contribution in [0, 0.1) is 0 Å². The molecular weight excluding hydrogens is 947 g/mol. The van der Waals surface area contributed by atoms with Crippen LogP contribution in [0.2, 0.25) is 0 Å². The number of ether oxygens (including phenoxy) is 1. The SMILES string of the molecule is CCC/C=C\C/C=C\CCCCCCCC(=O)OCCCCCCCCCCCCC/C=C\C/C=C\CCCCCCCCCCCCCCCCCCCC(=O)NC(CO)C(O)CCCCCCCCCCCCCC. The van der Waals surface area contributed by atoms with E-state index in [4.69, 9.17) is 4.74 Å². The molecule has 0 aromatic carbocycles. The fourth-order valence-electron chi connectivity index (χ4n) is 10.6. The highest BCUT2D eigenvalue weighted by Crippen LogP contribution is 2.18. The molecule has 0 saturated heterocycles. The number of amides is 1. The Morgan fingerprint density at radius 2 is 0.675 bits per heavy atom. The molecule has 0 fully saturated rings. The number of allylic oxidation sites excluding steroid dienone is 8. The third-order valence-corrected chi connectivity index (χ3v) is 15.8. The van der Waals surface area contributed by atoms with Crippen molar-refractivity contribution >= 4 is 11.9 Å². The number of hydrogen-bond donors (Lipinski definition) is 3. The van der Waals surface area contributed by atoms with Crippen LogP contribution in [-0.4, -0.2) is 47.4 Å². The zero-order valence-electron chi connectivity index (χ0n) is 51.7. The Morgan fingerprint density at radius 1 is 0.364 bits per heavy atom. The molecule has 6 heteroatoms. The number of rotatable bonds is 64. The van der Waals surface area contributed by atoms with Crippen molar-refractivity contribution in [1.82, 2.24) is 5.32 Å². The predicted octanol–water partition coefficient (Wildman–Crippen LogP) is 22.1. The number of aliphatic hydroxyl groups excluding tert-OH is 2. The molecule has 0 rings (SSSR count). The monoisotopic (exact) mass is 1080 g/mol. The Balaban J connectivity index is 3.36. The lowest BCUT2D eigenvalue weighted by molar-refractivity contribution is -0.143. The highest BCUT2D eigenvalue weighted by molar-refractivity contribution is 5.76. The van der Waals surface area contributed by atoms with Crippen molar-refractivity contribution in [2.75, 3.05) is 13.2 Å². The standard InChI is InChI=1S/C71H133NO5/c1-3-5-7-9-11-13-15-40-45-49-53-57-61-65-71(76)77-66-62-58-54-50-46-42-39-37-35-33-31-29-27-25-23-21-19-17-18-20-22-24-26-28-30-32-34-36-38-41-44-48-52-56-60-64-70(75)72-68(67-73)69(74)63-59-55-51-47-43-16-14-12-10-8-6-4-2/h7,9,13,15,19,21,25,27,68-69,73-74H,3-6,8,10-12,14,16-18,20,22-24,26,28-67H2,1-2H3,(H,72,75)/b9-7-,15-13-,21-19-,27-25-. The van der Waals surface area contributed by atoms with Crippen molar-refractivity contribution in [3.63, 3.8) is 0 Å². The fraction of sp³-hybridized carbons (Fsp3) is 0.859. The van der Waals surface area contributed by atoms with E-state index in [0.29, 0.717) is 25.9 Å². The van der Waals surface area contributed by atoms with Crippen LogP contribution in [0.3, 0.4) is 0 Å². The van der Waals surface area contributed by atoms with E-state index in [0.717, 1.165) is 57.8 Å². The number of carbonyl (C=O) groups is 2. The minimum absolute atomic E-state index is 0.00121. The van der Waals surface area contributed by atoms with Gasteiger partial charge >= 0.3 is 5.97 Å². The molecule has 3 N–H and O–H groups in total. The summed E-state index contributed by atoms with van der Waals surface area (Å²) >= 11 is 0. The predicted molar refractivity (Wildman–Crippen MR) is 338 cm³/mol. The molecular formula is C71H133NO5. The van der Waals surface area contributed by atoms with Gasteiger partial charge in [-0.2, -0.15) is 0 Å². The molecule has 0 radical (unpaired) electrons. The van der Waals surface area contributed by atoms with Crippen LogP contribution in [-0.2, 0) is 14.3 Å². The number of esters is 1. The van der Waals surface area contributed by atoms with Gasteiger partial charge in [0.1, 0.15) is 0 Å². The first-order valence-corrected chi connectivity index (χ1v) is 34.4. The molecule has 6 nitrogen and oxygen atoms in total. The summed E-state index contributed by atoms with van der Waals surface area (Å²) in [6, 6.07) is -0.539. The molecule has 0 aromatic rings. The Morgan fingerprint density at radius 3 is 1.04 bits per heavy atom. The van der Waals surface area contributed by atoms with Gasteiger partial charge in [-0.05, 0) is 83.5 Å². The summed E-state index contributed by atoms with van der Waals surface area (Å²) in [5.41, 5.74) is 0. The molecule has 2 unspecified atom stereocenters. The summed E-state index contributed by atoms with van der Waals surface area (Å²) in [5.74, 6) is -0.0307. The van der Waals surface area contributed by atoms with Gasteiger partial charge in [0.25, 0.3) is 0 Å². The molecule has 0 saturated carbocycles. The van der Waals surface area contributed by atoms with Gasteiger partial charge in [-0.1, -0.05) is 319 Å². The van der Waals surface area contributed by atoms with E-state index < -0.39 is 12.1 Å². The van der Waals surface area contributed by atoms with Crippen LogP contribution in [0.15, 0.2) is 48.6 Å². The van der Waals surface area contributed by atoms with E-state index >= 15 is 0 Å². The summed E-state index contributed by atoms with van der Waals surface area (Å²) < 4.78 is 5.47. The number of carbonyl (C=O) groups excluding carboxylic acids is 2. The van der Waals surface area contributed by atoms with Crippen molar-refractivity contribution in [1.29, 1.82) is 0 Å². The minimum atomic E-state index is -0.662. The van der Waals surface area contributed by atoms with E-state index in [-0.39, 0.29) is 18.5 Å². The highest BCUT2D eigenvalue weighted by Gasteiger charge is 2.20. The molecule has 0 spiro atoms. The van der Waals surface area contributed by atoms with E-state index in [1.54, 1.807) is 0 Å². The summed E-state index contributed by atoms with van der Waals surface area (Å²) in [6.45, 7) is 4.89. The zero-order chi connectivity index (χ0) is 55.7. The lowest BCUT2D eigenvalue weighted by Crippen LogP contribution is -2.45. The molecule has 0 aliphatic heterocycles. The average Bonchev–Trinajstić information content (AvgIpc) is 3.43. The van der Waals surface area contributed by atoms with Crippen LogP contribution >= 0.6 is 0 Å². The van der Waals surface area contributed by atoms with Gasteiger partial charge in [-0.25, -0.2) is 0 Å². The Bertz CT molecular complexity index is 1290. The van der Waals surface area contributed by atoms with E-state index in [1.165, 1.54) is 276 Å². The van der Waals surface area contributed by atoms with Crippen molar-refractivity contribution < 1.29 is 24.5 Å². The summed E-state index contributed by atoms with van der Waals surface area (Å²) in [6.07, 6.45) is 86.0. The molecule has 452 valence electrons. The largest absolute Gasteiger partial charge is 0.466 e. The third kappa shape index (κ3) is 62.9. The average molecular weight is 1080 g/mol. The van der Waals surface area contributed by atoms with Gasteiger partial charge < -0.3 is 20.3 Å². The lowest BCUT2D eigenvalue weighted by atomic mass is 10.0. The maximum atomic E-state index is 12.5. The lowest BCUT2D eigenvalue weighted by Gasteiger charge is -2.22. The number of nitrogens with one attached hydrogen (secondary N) is 1. The normalized spacial score (nSPS) is 12.8. The minimum Gasteiger partial charge on any atom is -0.466 e. The second kappa shape index (κ2) is 66.3. The molecule has 0 aliphatic rings. The van der Waals surface area contributed by atoms with Gasteiger partial charge in [0.15, 0.2) is 0 Å². The van der Waals surface area contributed by atoms with Crippen molar-refractivity contribution in [3.05, 3.63) is 48.6 Å². The molecule has 0 aliphatic carbocycles. The molecule has 77 heavy (non-hydrogen) atoms. The van der Waals surface area contributed by atoms with Crippen LogP contribution in [0.5, 0.6) is 0 Å². The van der Waals surface area contributed by atoms with Crippen molar-refractivity contribution in [2.24, 2.45) is 0 Å². The van der Waals surface area contributed by atoms with Gasteiger partial charge in [0, 0.05) is 12.8 Å². The van der Waals surface area contributed by atoms with Crippen LogP contribution < -0.4 is 5.32 Å². The third-order valence-electron chi connectivity index (χ3n) is 15.8. The first-order valence-electron chi connectivity index (χ1n) is 34.4. The van der Waals surface area contributed by atoms with E-state index in [1.807, 2.05) is 0 Å². The van der Waals surface area contributed by atoms with E-state index in [2.05, 4.69) is 67.8 Å². The maximum absolute atomic E-state index is 12.5. The van der Waals surface area contributed by atoms with E-state index in [9.17, 15) is 19.8 Å². The zero-order valence-corrected chi connectivity index (χ0v) is 51.7. The van der Waals surface area contributed by atoms with Crippen LogP contribution in [0.25, 0.3) is 0 Å². The first kappa shape index (κ1) is 74.8. The second-order valence-corrected chi connectivity index (χ2v) is 23.5. The van der Waals surface area contributed by atoms with Crippen LogP contribution in [0.4, 0.5) is 0 Å². The molecule has 2 atom stereocenters. The Labute approximate surface area is 480 Å². The van der Waals surface area contributed by atoms with Crippen LogP contribution in [0.1, 0.15) is 367 Å². The number of hydrogen-bond acceptors (Lipinski definition) is 5. The summed E-state index contributed by atoms with van der Waals surface area (Å²) in [5, 5.41) is 23.3. The number of aliphatic hydroxyl groups is 2. The number of unbranched alkanes of at least 4 members (excludes halogenated alkanes) is 45. The maximum Gasteiger partial charge on any atom is 0.305 e. The topological polar surface area (TPSA) is 95.9 Å². The molecule has 1 amide bonds.